The minimum atomic E-state index is -3.14. The summed E-state index contributed by atoms with van der Waals surface area (Å²) in [4.78, 5) is 14.0. The van der Waals surface area contributed by atoms with Crippen LogP contribution in [0, 0.1) is 0 Å². The first-order valence-electron chi connectivity index (χ1n) is 6.83. The second-order valence-electron chi connectivity index (χ2n) is 5.05. The summed E-state index contributed by atoms with van der Waals surface area (Å²) in [6.07, 6.45) is 5.48. The number of piperidine rings is 1. The molecule has 1 atom stereocenters. The van der Waals surface area contributed by atoms with Crippen LogP contribution in [0.1, 0.15) is 32.1 Å². The third kappa shape index (κ3) is 6.35. The van der Waals surface area contributed by atoms with Crippen molar-refractivity contribution in [2.75, 3.05) is 32.9 Å². The fourth-order valence-electron chi connectivity index (χ4n) is 2.42. The topological polar surface area (TPSA) is 78.5 Å². The van der Waals surface area contributed by atoms with E-state index in [4.69, 9.17) is 0 Å². The fraction of sp³-hybridized carbons (Fsp3) is 0.917. The maximum Gasteiger partial charge on any atom is 0.224 e. The number of nitrogens with zero attached hydrogens (tertiary/aromatic N) is 1. The summed E-state index contributed by atoms with van der Waals surface area (Å²) < 4.78 is 24.6. The van der Waals surface area contributed by atoms with Crippen molar-refractivity contribution in [3.8, 4) is 0 Å². The molecular formula is C12H25N3O3S. The molecule has 1 aliphatic rings. The molecule has 0 spiro atoms. The first-order chi connectivity index (χ1) is 8.94. The van der Waals surface area contributed by atoms with Gasteiger partial charge in [-0.2, -0.15) is 0 Å². The van der Waals surface area contributed by atoms with E-state index in [1.54, 1.807) is 0 Å². The van der Waals surface area contributed by atoms with Crippen LogP contribution in [0.25, 0.3) is 0 Å². The van der Waals surface area contributed by atoms with Crippen LogP contribution < -0.4 is 10.0 Å². The first-order valence-corrected chi connectivity index (χ1v) is 8.72. The maximum absolute atomic E-state index is 12.1. The van der Waals surface area contributed by atoms with Crippen molar-refractivity contribution in [3.63, 3.8) is 0 Å². The summed E-state index contributed by atoms with van der Waals surface area (Å²) in [5, 5.41) is 2.98. The van der Waals surface area contributed by atoms with Crippen molar-refractivity contribution in [2.24, 2.45) is 0 Å². The molecule has 1 saturated heterocycles. The molecule has 1 unspecified atom stereocenters. The third-order valence-corrected chi connectivity index (χ3v) is 4.11. The van der Waals surface area contributed by atoms with E-state index in [1.807, 2.05) is 11.9 Å². The van der Waals surface area contributed by atoms with Gasteiger partial charge in [0.2, 0.25) is 15.9 Å². The zero-order chi connectivity index (χ0) is 14.3. The van der Waals surface area contributed by atoms with Gasteiger partial charge < -0.3 is 10.2 Å². The minimum absolute atomic E-state index is 0.165. The number of amides is 1. The van der Waals surface area contributed by atoms with Crippen LogP contribution in [0.4, 0.5) is 0 Å². The lowest BCUT2D eigenvalue weighted by Crippen LogP contribution is -2.45. The summed E-state index contributed by atoms with van der Waals surface area (Å²) in [5.41, 5.74) is 0. The predicted octanol–water partition coefficient (Wildman–Crippen LogP) is -0.0837. The zero-order valence-electron chi connectivity index (χ0n) is 11.8. The van der Waals surface area contributed by atoms with Crippen LogP contribution in [0.2, 0.25) is 0 Å². The average Bonchev–Trinajstić information content (AvgIpc) is 2.35. The van der Waals surface area contributed by atoms with Gasteiger partial charge in [0.05, 0.1) is 6.26 Å². The summed E-state index contributed by atoms with van der Waals surface area (Å²) >= 11 is 0. The Morgan fingerprint density at radius 1 is 1.32 bits per heavy atom. The van der Waals surface area contributed by atoms with E-state index in [9.17, 15) is 13.2 Å². The van der Waals surface area contributed by atoms with Crippen molar-refractivity contribution in [1.29, 1.82) is 0 Å². The molecule has 7 heteroatoms. The van der Waals surface area contributed by atoms with Crippen molar-refractivity contribution >= 4 is 15.9 Å². The predicted molar refractivity (Wildman–Crippen MR) is 75.4 cm³/mol. The molecule has 0 aliphatic carbocycles. The molecule has 112 valence electrons. The lowest BCUT2D eigenvalue weighted by Gasteiger charge is -2.36. The number of carbonyl (C=O) groups excluding carboxylic acids is 1. The lowest BCUT2D eigenvalue weighted by molar-refractivity contribution is -0.134. The molecule has 0 aromatic rings. The van der Waals surface area contributed by atoms with Crippen molar-refractivity contribution in [2.45, 2.75) is 38.1 Å². The average molecular weight is 291 g/mol. The Bertz CT molecular complexity index is 384. The number of hydrogen-bond acceptors (Lipinski definition) is 4. The number of carbonyl (C=O) groups is 1. The number of hydrogen-bond donors (Lipinski definition) is 2. The van der Waals surface area contributed by atoms with Crippen LogP contribution in [0.15, 0.2) is 0 Å². The quantitative estimate of drug-likeness (QED) is 0.687. The van der Waals surface area contributed by atoms with E-state index in [0.717, 1.165) is 32.1 Å². The highest BCUT2D eigenvalue weighted by atomic mass is 32.2. The van der Waals surface area contributed by atoms with Gasteiger partial charge in [-0.3, -0.25) is 4.79 Å². The molecule has 1 amide bonds. The van der Waals surface area contributed by atoms with Crippen LogP contribution in [0.5, 0.6) is 0 Å². The highest BCUT2D eigenvalue weighted by Gasteiger charge is 2.25. The second-order valence-corrected chi connectivity index (χ2v) is 6.88. The molecule has 0 saturated carbocycles. The molecule has 2 N–H and O–H groups in total. The summed E-state index contributed by atoms with van der Waals surface area (Å²) in [7, 11) is -1.31. The largest absolute Gasteiger partial charge is 0.340 e. The van der Waals surface area contributed by atoms with Crippen LogP contribution >= 0.6 is 0 Å². The van der Waals surface area contributed by atoms with E-state index in [2.05, 4.69) is 10.0 Å². The van der Waals surface area contributed by atoms with Crippen molar-refractivity contribution in [1.82, 2.24) is 14.9 Å². The van der Waals surface area contributed by atoms with E-state index < -0.39 is 10.0 Å². The molecular weight excluding hydrogens is 266 g/mol. The molecule has 1 rings (SSSR count). The lowest BCUT2D eigenvalue weighted by atomic mass is 9.99. The molecule has 0 radical (unpaired) electrons. The fourth-order valence-corrected chi connectivity index (χ4v) is 2.90. The highest BCUT2D eigenvalue weighted by Crippen LogP contribution is 2.20. The molecule has 0 aromatic carbocycles. The standard InChI is InChI=1S/C12H25N3O3S/c1-13-8-7-12(16)15-10-4-3-5-11(15)6-9-14-19(2,17)18/h11,13-14H,3-10H2,1-2H3. The van der Waals surface area contributed by atoms with Gasteiger partial charge >= 0.3 is 0 Å². The Balaban J connectivity index is 2.45. The molecule has 1 fully saturated rings. The number of sulfonamides is 1. The van der Waals surface area contributed by atoms with Gasteiger partial charge in [-0.1, -0.05) is 0 Å². The Labute approximate surface area is 116 Å². The molecule has 19 heavy (non-hydrogen) atoms. The highest BCUT2D eigenvalue weighted by molar-refractivity contribution is 7.88. The van der Waals surface area contributed by atoms with Gasteiger partial charge in [0, 0.05) is 32.1 Å². The zero-order valence-corrected chi connectivity index (χ0v) is 12.6. The Morgan fingerprint density at radius 2 is 2.05 bits per heavy atom. The molecule has 0 aromatic heterocycles. The van der Waals surface area contributed by atoms with E-state index in [0.29, 0.717) is 25.9 Å². The summed E-state index contributed by atoms with van der Waals surface area (Å²) in [5.74, 6) is 0.165. The summed E-state index contributed by atoms with van der Waals surface area (Å²) in [6, 6.07) is 0.173. The van der Waals surface area contributed by atoms with Gasteiger partial charge in [0.25, 0.3) is 0 Å². The Hall–Kier alpha value is -0.660. The number of rotatable bonds is 7. The SMILES string of the molecule is CNCCC(=O)N1CCCCC1CCNS(C)(=O)=O. The Kier molecular flexibility index (Phi) is 6.74. The Morgan fingerprint density at radius 3 is 2.68 bits per heavy atom. The van der Waals surface area contributed by atoms with Crippen molar-refractivity contribution < 1.29 is 13.2 Å². The van der Waals surface area contributed by atoms with Crippen LogP contribution in [-0.2, 0) is 14.8 Å². The maximum atomic E-state index is 12.1. The third-order valence-electron chi connectivity index (χ3n) is 3.38. The number of nitrogens with one attached hydrogen (secondary N) is 2. The van der Waals surface area contributed by atoms with E-state index in [-0.39, 0.29) is 11.9 Å². The van der Waals surface area contributed by atoms with Crippen molar-refractivity contribution in [3.05, 3.63) is 0 Å². The molecule has 6 nitrogen and oxygen atoms in total. The first kappa shape index (κ1) is 16.4. The van der Waals surface area contributed by atoms with E-state index in [1.165, 1.54) is 0 Å². The smallest absolute Gasteiger partial charge is 0.224 e. The van der Waals surface area contributed by atoms with Gasteiger partial charge in [0.15, 0.2) is 0 Å². The van der Waals surface area contributed by atoms with Crippen LogP contribution in [-0.4, -0.2) is 58.2 Å². The summed E-state index contributed by atoms with van der Waals surface area (Å²) in [6.45, 7) is 1.88. The van der Waals surface area contributed by atoms with Gasteiger partial charge in [0.1, 0.15) is 0 Å². The second kappa shape index (κ2) is 7.81. The minimum Gasteiger partial charge on any atom is -0.340 e. The van der Waals surface area contributed by atoms with E-state index >= 15 is 0 Å². The molecule has 1 aliphatic heterocycles. The monoisotopic (exact) mass is 291 g/mol. The van der Waals surface area contributed by atoms with Gasteiger partial charge in [-0.05, 0) is 32.7 Å². The van der Waals surface area contributed by atoms with Crippen LogP contribution in [0.3, 0.4) is 0 Å². The van der Waals surface area contributed by atoms with Gasteiger partial charge in [-0.25, -0.2) is 13.1 Å². The normalized spacial score (nSPS) is 20.5. The molecule has 0 bridgehead atoms. The van der Waals surface area contributed by atoms with Gasteiger partial charge in [-0.15, -0.1) is 0 Å². The number of likely N-dealkylation sites (tertiary alicyclic amines) is 1. The molecule has 1 heterocycles.